The Morgan fingerprint density at radius 2 is 2.16 bits per heavy atom. The van der Waals surface area contributed by atoms with Crippen LogP contribution in [0.1, 0.15) is 12.8 Å². The number of nitrogens with two attached hydrogens (primary N) is 1. The molecule has 0 saturated heterocycles. The number of hydrogen-bond acceptors (Lipinski definition) is 3. The van der Waals surface area contributed by atoms with Gasteiger partial charge in [0.2, 0.25) is 10.0 Å². The molecule has 2 rings (SSSR count). The summed E-state index contributed by atoms with van der Waals surface area (Å²) in [5.74, 6) is -0.704. The second-order valence-corrected chi connectivity index (χ2v) is 7.48. The maximum Gasteiger partial charge on any atom is 0.244 e. The zero-order valence-corrected chi connectivity index (χ0v) is 13.0. The van der Waals surface area contributed by atoms with Crippen molar-refractivity contribution in [1.82, 2.24) is 4.72 Å². The first-order valence-electron chi connectivity index (χ1n) is 5.58. The highest BCUT2D eigenvalue weighted by Crippen LogP contribution is 2.33. The van der Waals surface area contributed by atoms with E-state index in [1.54, 1.807) is 0 Å². The SMILES string of the molecule is NC(=S)C(NS(=O)(=O)c1ccc(Br)cc1F)C1CC1. The molecule has 1 unspecified atom stereocenters. The van der Waals surface area contributed by atoms with Gasteiger partial charge in [0.1, 0.15) is 10.7 Å². The molecule has 1 fully saturated rings. The van der Waals surface area contributed by atoms with Gasteiger partial charge in [-0.2, -0.15) is 0 Å². The topological polar surface area (TPSA) is 72.2 Å². The van der Waals surface area contributed by atoms with Crippen LogP contribution in [0.15, 0.2) is 27.6 Å². The van der Waals surface area contributed by atoms with E-state index in [-0.39, 0.29) is 10.9 Å². The molecule has 8 heteroatoms. The summed E-state index contributed by atoms with van der Waals surface area (Å²) in [4.78, 5) is -0.318. The van der Waals surface area contributed by atoms with Crippen molar-refractivity contribution >= 4 is 43.2 Å². The second-order valence-electron chi connectivity index (χ2n) is 4.41. The van der Waals surface area contributed by atoms with Gasteiger partial charge in [-0.3, -0.25) is 0 Å². The quantitative estimate of drug-likeness (QED) is 0.781. The maximum absolute atomic E-state index is 13.7. The first-order chi connectivity index (χ1) is 8.81. The average molecular weight is 367 g/mol. The summed E-state index contributed by atoms with van der Waals surface area (Å²) in [6, 6.07) is 3.15. The van der Waals surface area contributed by atoms with E-state index in [4.69, 9.17) is 18.0 Å². The first kappa shape index (κ1) is 14.8. The maximum atomic E-state index is 13.7. The van der Waals surface area contributed by atoms with Gasteiger partial charge >= 0.3 is 0 Å². The van der Waals surface area contributed by atoms with E-state index < -0.39 is 26.8 Å². The minimum atomic E-state index is -3.97. The predicted octanol–water partition coefficient (Wildman–Crippen LogP) is 1.93. The van der Waals surface area contributed by atoms with Crippen LogP contribution in [0.2, 0.25) is 0 Å². The smallest absolute Gasteiger partial charge is 0.244 e. The lowest BCUT2D eigenvalue weighted by molar-refractivity contribution is 0.545. The van der Waals surface area contributed by atoms with Crippen LogP contribution in [-0.4, -0.2) is 19.4 Å². The van der Waals surface area contributed by atoms with Crippen molar-refractivity contribution in [1.29, 1.82) is 0 Å². The minimum absolute atomic E-state index is 0.0867. The van der Waals surface area contributed by atoms with Crippen LogP contribution in [-0.2, 0) is 10.0 Å². The third-order valence-corrected chi connectivity index (χ3v) is 5.09. The Bertz CT molecular complexity index is 617. The Morgan fingerprint density at radius 3 is 2.63 bits per heavy atom. The monoisotopic (exact) mass is 366 g/mol. The Kier molecular flexibility index (Phi) is 4.24. The van der Waals surface area contributed by atoms with E-state index in [0.717, 1.165) is 18.9 Å². The number of halogens is 2. The Morgan fingerprint density at radius 1 is 1.53 bits per heavy atom. The van der Waals surface area contributed by atoms with E-state index >= 15 is 0 Å². The van der Waals surface area contributed by atoms with Gasteiger partial charge in [0.05, 0.1) is 11.0 Å². The molecule has 0 amide bonds. The molecule has 0 aliphatic heterocycles. The number of benzene rings is 1. The standard InChI is InChI=1S/C11H12BrFN2O2S2/c12-7-3-4-9(8(13)5-7)19(16,17)15-10(11(14)18)6-1-2-6/h3-6,10,15H,1-2H2,(H2,14,18). The molecular weight excluding hydrogens is 355 g/mol. The second kappa shape index (κ2) is 5.43. The Hall–Kier alpha value is -0.570. The van der Waals surface area contributed by atoms with Gasteiger partial charge < -0.3 is 5.73 Å². The molecule has 104 valence electrons. The molecule has 1 saturated carbocycles. The van der Waals surface area contributed by atoms with Gasteiger partial charge in [0.15, 0.2) is 0 Å². The normalized spacial score (nSPS) is 17.2. The van der Waals surface area contributed by atoms with Crippen LogP contribution in [0.4, 0.5) is 4.39 Å². The predicted molar refractivity (Wildman–Crippen MR) is 77.7 cm³/mol. The van der Waals surface area contributed by atoms with Crippen LogP contribution in [0, 0.1) is 11.7 Å². The lowest BCUT2D eigenvalue weighted by Crippen LogP contribution is -2.45. The third-order valence-electron chi connectivity index (χ3n) is 2.87. The molecule has 0 heterocycles. The molecular formula is C11H12BrFN2O2S2. The third kappa shape index (κ3) is 3.50. The number of hydrogen-bond donors (Lipinski definition) is 2. The molecule has 0 radical (unpaired) electrons. The number of thiocarbonyl (C=S) groups is 1. The van der Waals surface area contributed by atoms with Crippen molar-refractivity contribution in [2.75, 3.05) is 0 Å². The van der Waals surface area contributed by atoms with Crippen LogP contribution in [0.5, 0.6) is 0 Å². The Labute approximate surface area is 124 Å². The molecule has 1 aromatic rings. The first-order valence-corrected chi connectivity index (χ1v) is 8.26. The molecule has 1 atom stereocenters. The fourth-order valence-corrected chi connectivity index (χ4v) is 3.74. The summed E-state index contributed by atoms with van der Waals surface area (Å²) in [5.41, 5.74) is 5.53. The fraction of sp³-hybridized carbons (Fsp3) is 0.364. The summed E-state index contributed by atoms with van der Waals surface area (Å²) in [6.45, 7) is 0. The largest absolute Gasteiger partial charge is 0.392 e. The number of rotatable bonds is 5. The molecule has 1 aromatic carbocycles. The van der Waals surface area contributed by atoms with Crippen molar-refractivity contribution < 1.29 is 12.8 Å². The molecule has 3 N–H and O–H groups in total. The van der Waals surface area contributed by atoms with Gasteiger partial charge in [0, 0.05) is 4.47 Å². The van der Waals surface area contributed by atoms with Crippen LogP contribution >= 0.6 is 28.1 Å². The molecule has 4 nitrogen and oxygen atoms in total. The highest BCUT2D eigenvalue weighted by molar-refractivity contribution is 9.10. The average Bonchev–Trinajstić information content (AvgIpc) is 3.08. The van der Waals surface area contributed by atoms with Crippen molar-refractivity contribution in [3.05, 3.63) is 28.5 Å². The van der Waals surface area contributed by atoms with Crippen LogP contribution in [0.25, 0.3) is 0 Å². The van der Waals surface area contributed by atoms with Gasteiger partial charge in [-0.1, -0.05) is 28.1 Å². The van der Waals surface area contributed by atoms with E-state index in [2.05, 4.69) is 20.7 Å². The van der Waals surface area contributed by atoms with E-state index in [9.17, 15) is 12.8 Å². The Balaban J connectivity index is 2.29. The summed E-state index contributed by atoms with van der Waals surface area (Å²) in [6.07, 6.45) is 1.74. The number of sulfonamides is 1. The van der Waals surface area contributed by atoms with E-state index in [1.807, 2.05) is 0 Å². The number of nitrogens with one attached hydrogen (secondary N) is 1. The lowest BCUT2D eigenvalue weighted by Gasteiger charge is -2.17. The lowest BCUT2D eigenvalue weighted by atomic mass is 10.2. The van der Waals surface area contributed by atoms with Crippen molar-refractivity contribution in [2.45, 2.75) is 23.8 Å². The summed E-state index contributed by atoms with van der Waals surface area (Å²) >= 11 is 7.93. The highest BCUT2D eigenvalue weighted by atomic mass is 79.9. The zero-order chi connectivity index (χ0) is 14.2. The van der Waals surface area contributed by atoms with Gasteiger partial charge in [-0.15, -0.1) is 0 Å². The van der Waals surface area contributed by atoms with Gasteiger partial charge in [-0.05, 0) is 37.0 Å². The van der Waals surface area contributed by atoms with Gasteiger partial charge in [0.25, 0.3) is 0 Å². The molecule has 1 aliphatic carbocycles. The zero-order valence-electron chi connectivity index (χ0n) is 9.77. The summed E-state index contributed by atoms with van der Waals surface area (Å²) < 4.78 is 40.8. The molecule has 0 aromatic heterocycles. The summed E-state index contributed by atoms with van der Waals surface area (Å²) in [5, 5.41) is 0. The molecule has 0 bridgehead atoms. The van der Waals surface area contributed by atoms with E-state index in [0.29, 0.717) is 4.47 Å². The van der Waals surface area contributed by atoms with Crippen LogP contribution < -0.4 is 10.5 Å². The van der Waals surface area contributed by atoms with Crippen LogP contribution in [0.3, 0.4) is 0 Å². The highest BCUT2D eigenvalue weighted by Gasteiger charge is 2.36. The fourth-order valence-electron chi connectivity index (χ4n) is 1.74. The summed E-state index contributed by atoms with van der Waals surface area (Å²) in [7, 11) is -3.97. The van der Waals surface area contributed by atoms with Gasteiger partial charge in [-0.25, -0.2) is 17.5 Å². The van der Waals surface area contributed by atoms with E-state index in [1.165, 1.54) is 12.1 Å². The molecule has 0 spiro atoms. The van der Waals surface area contributed by atoms with Crippen molar-refractivity contribution in [2.24, 2.45) is 11.7 Å². The van der Waals surface area contributed by atoms with Crippen molar-refractivity contribution in [3.8, 4) is 0 Å². The molecule has 1 aliphatic rings. The molecule has 19 heavy (non-hydrogen) atoms. The minimum Gasteiger partial charge on any atom is -0.392 e. The van der Waals surface area contributed by atoms with Crippen molar-refractivity contribution in [3.63, 3.8) is 0 Å².